The van der Waals surface area contributed by atoms with Crippen LogP contribution in [0.3, 0.4) is 0 Å². The van der Waals surface area contributed by atoms with E-state index in [-0.39, 0.29) is 64.9 Å². The summed E-state index contributed by atoms with van der Waals surface area (Å²) in [5.41, 5.74) is 2.25. The number of nitrogens with zero attached hydrogens (tertiary/aromatic N) is 1. The van der Waals surface area contributed by atoms with Gasteiger partial charge in [0.2, 0.25) is 0 Å². The Kier molecular flexibility index (Phi) is 7.79. The van der Waals surface area contributed by atoms with Gasteiger partial charge in [-0.3, -0.25) is 4.79 Å². The first-order chi connectivity index (χ1) is 19.0. The van der Waals surface area contributed by atoms with Gasteiger partial charge in [-0.15, -0.1) is 5.92 Å². The molecule has 41 heavy (non-hydrogen) atoms. The Hall–Kier alpha value is -2.83. The van der Waals surface area contributed by atoms with Crippen LogP contribution < -0.4 is 0 Å². The number of hydrogen-bond acceptors (Lipinski definition) is 5. The van der Waals surface area contributed by atoms with Gasteiger partial charge in [-0.1, -0.05) is 30.2 Å². The number of ketones is 1. The molecule has 11 heteroatoms. The monoisotopic (exact) mass is 690 g/mol. The number of esters is 1. The minimum Gasteiger partial charge on any atom is -0.506 e. The number of aromatic amines is 2. The van der Waals surface area contributed by atoms with Crippen LogP contribution in [0.1, 0.15) is 57.2 Å². The van der Waals surface area contributed by atoms with Crippen molar-refractivity contribution in [3.63, 3.8) is 0 Å². The van der Waals surface area contributed by atoms with E-state index in [9.17, 15) is 27.9 Å². The maximum atomic E-state index is 14.0. The number of ether oxygens (including phenoxy) is 1. The first-order valence-corrected chi connectivity index (χ1v) is 12.9. The number of para-hydroxylation sites is 1. The number of alkyl halides is 3. The number of rotatable bonds is 3. The molecule has 0 saturated carbocycles. The second kappa shape index (κ2) is 10.8. The number of hydrogen-bond donors (Lipinski definition) is 3. The number of allylic oxidation sites excluding steroid dienone is 1. The summed E-state index contributed by atoms with van der Waals surface area (Å²) >= 11 is 0. The zero-order valence-corrected chi connectivity index (χ0v) is 25.5. The predicted molar refractivity (Wildman–Crippen MR) is 144 cm³/mol. The van der Waals surface area contributed by atoms with Crippen LogP contribution in [0, 0.1) is 54.6 Å². The molecule has 7 nitrogen and oxygen atoms in total. The molecule has 0 fully saturated rings. The summed E-state index contributed by atoms with van der Waals surface area (Å²) in [6.45, 7) is 4.71. The van der Waals surface area contributed by atoms with Crippen molar-refractivity contribution in [2.75, 3.05) is 14.2 Å². The first kappa shape index (κ1) is 29.7. The molecule has 4 aromatic rings. The van der Waals surface area contributed by atoms with E-state index in [0.29, 0.717) is 36.2 Å². The summed E-state index contributed by atoms with van der Waals surface area (Å²) in [5, 5.41) is 11.8. The third-order valence-corrected chi connectivity index (χ3v) is 8.13. The van der Waals surface area contributed by atoms with Gasteiger partial charge in [0.05, 0.1) is 30.4 Å². The second-order valence-corrected chi connectivity index (χ2v) is 10.6. The van der Waals surface area contributed by atoms with Gasteiger partial charge in [0.1, 0.15) is 11.4 Å². The van der Waals surface area contributed by atoms with E-state index in [1.54, 1.807) is 0 Å². The number of Topliss-reactive ketones (excluding diaryl/α,β-unsaturated/α-hetero) is 1. The summed E-state index contributed by atoms with van der Waals surface area (Å²) < 4.78 is 46.5. The molecule has 212 valence electrons. The minimum atomic E-state index is -4.89. The number of fused-ring (bicyclic) bond motifs is 6. The average molecular weight is 691 g/mol. The van der Waals surface area contributed by atoms with Crippen molar-refractivity contribution in [3.05, 3.63) is 76.6 Å². The molecule has 1 aliphatic heterocycles. The Bertz CT molecular complexity index is 1740. The number of aromatic nitrogens is 2. The molecule has 0 spiro atoms. The molecular formula is C30H27CeF3N3O4-. The van der Waals surface area contributed by atoms with Crippen molar-refractivity contribution < 1.29 is 74.4 Å². The van der Waals surface area contributed by atoms with Crippen LogP contribution in [0.4, 0.5) is 13.2 Å². The molecule has 0 bridgehead atoms. The maximum Gasteiger partial charge on any atom is 0.432 e. The number of phenolic OH excluding ortho intramolecular Hbond substituents is 1. The Morgan fingerprint density at radius 1 is 1.17 bits per heavy atom. The van der Waals surface area contributed by atoms with Crippen LogP contribution in [-0.2, 0) is 28.7 Å². The van der Waals surface area contributed by atoms with Gasteiger partial charge in [-0.2, -0.15) is 13.2 Å². The van der Waals surface area contributed by atoms with Crippen LogP contribution in [0.15, 0.2) is 36.0 Å². The number of likely N-dealkylation sites (N-methyl/N-ethyl adjacent to an activating group) is 1. The van der Waals surface area contributed by atoms with Crippen molar-refractivity contribution in [1.82, 2.24) is 14.9 Å². The molecule has 0 amide bonds. The number of methoxy groups -OCH3 is 1. The molecule has 2 aromatic carbocycles. The van der Waals surface area contributed by atoms with Crippen LogP contribution in [-0.4, -0.2) is 45.9 Å². The van der Waals surface area contributed by atoms with Crippen LogP contribution in [0.2, 0.25) is 0 Å². The Labute approximate surface area is 267 Å². The topological polar surface area (TPSA) is 98.4 Å². The van der Waals surface area contributed by atoms with E-state index in [0.717, 1.165) is 29.3 Å². The average Bonchev–Trinajstić information content (AvgIpc) is 3.44. The van der Waals surface area contributed by atoms with E-state index in [4.69, 9.17) is 4.74 Å². The standard InChI is InChI=1S/C30H27F3N3O4.Ce/c1-14-8-9-15(27(38)21-12-18-17-6-4-5-7-19(17)34-20(18)13-36(21)2)10-16-11-22(37)26-24(23(14)16)25(29(39)40-3)28(35-26)30(31,32)33;/h4-7,11-12,14-15,34-35,37H,1,8-10,13H2,2-3H3;/q-1;/t14-,15?;/m1./s1. The van der Waals surface area contributed by atoms with Crippen molar-refractivity contribution in [1.29, 1.82) is 0 Å². The van der Waals surface area contributed by atoms with Gasteiger partial charge >= 0.3 is 12.1 Å². The van der Waals surface area contributed by atoms with E-state index in [2.05, 4.69) is 16.9 Å². The van der Waals surface area contributed by atoms with Gasteiger partial charge in [-0.25, -0.2) is 4.79 Å². The van der Waals surface area contributed by atoms with Crippen molar-refractivity contribution >= 4 is 39.6 Å². The maximum absolute atomic E-state index is 14.0. The van der Waals surface area contributed by atoms with Gasteiger partial charge in [0.15, 0.2) is 5.78 Å². The molecule has 3 heterocycles. The fourth-order valence-corrected chi connectivity index (χ4v) is 6.28. The molecule has 1 aliphatic carbocycles. The fourth-order valence-electron chi connectivity index (χ4n) is 6.28. The Morgan fingerprint density at radius 3 is 2.61 bits per heavy atom. The number of phenols is 1. The molecule has 0 saturated heterocycles. The van der Waals surface area contributed by atoms with Crippen molar-refractivity contribution in [2.45, 2.75) is 37.9 Å². The smallest absolute Gasteiger partial charge is 0.432 e. The Morgan fingerprint density at radius 2 is 1.90 bits per heavy atom. The fraction of sp³-hybridized carbons (Fsp3) is 0.300. The van der Waals surface area contributed by atoms with E-state index in [1.807, 2.05) is 42.3 Å². The molecule has 0 radical (unpaired) electrons. The number of carbonyl (C=O) groups excluding carboxylic acids is 2. The third-order valence-electron chi connectivity index (χ3n) is 8.13. The van der Waals surface area contributed by atoms with Gasteiger partial charge in [0.25, 0.3) is 0 Å². The largest absolute Gasteiger partial charge is 0.506 e. The number of carbonyl (C=O) groups is 2. The van der Waals surface area contributed by atoms with E-state index in [1.165, 1.54) is 6.07 Å². The van der Waals surface area contributed by atoms with Gasteiger partial charge in [0, 0.05) is 82.3 Å². The quantitative estimate of drug-likeness (QED) is 0.138. The summed E-state index contributed by atoms with van der Waals surface area (Å²) in [6, 6.07) is 9.27. The zero-order chi connectivity index (χ0) is 28.5. The molecule has 2 atom stereocenters. The zero-order valence-electron chi connectivity index (χ0n) is 22.4. The second-order valence-electron chi connectivity index (χ2n) is 10.6. The Balaban J connectivity index is 0.00000337. The van der Waals surface area contributed by atoms with Crippen molar-refractivity contribution in [3.8, 4) is 5.75 Å². The summed E-state index contributed by atoms with van der Waals surface area (Å²) in [4.78, 5) is 34.1. The molecular weight excluding hydrogens is 663 g/mol. The minimum absolute atomic E-state index is 0. The first-order valence-electron chi connectivity index (χ1n) is 12.9. The summed E-state index contributed by atoms with van der Waals surface area (Å²) in [7, 11) is 2.86. The van der Waals surface area contributed by atoms with Crippen LogP contribution in [0.25, 0.3) is 27.9 Å². The number of aromatic hydroxyl groups is 1. The molecule has 2 aromatic heterocycles. The molecule has 6 rings (SSSR count). The SMILES string of the molecule is [CH2-][C@@H]1CCC(C(=O)C2=Cc3c([nH]c4ccccc34)CN2C)Cc2cc(O)c3[nH]c(C(F)(F)F)c(C(=O)OC)c3c21.[Ce]. The van der Waals surface area contributed by atoms with E-state index < -0.39 is 41.0 Å². The summed E-state index contributed by atoms with van der Waals surface area (Å²) in [5.74, 6) is -2.71. The number of H-pyrrole nitrogens is 2. The van der Waals surface area contributed by atoms with Gasteiger partial charge < -0.3 is 31.6 Å². The molecule has 1 unspecified atom stereocenters. The number of nitrogens with one attached hydrogen (secondary N) is 2. The normalized spacial score (nSPS) is 18.8. The van der Waals surface area contributed by atoms with E-state index >= 15 is 0 Å². The number of halogens is 3. The third kappa shape index (κ3) is 4.87. The molecule has 2 aliphatic rings. The summed E-state index contributed by atoms with van der Waals surface area (Å²) in [6.07, 6.45) is -1.96. The predicted octanol–water partition coefficient (Wildman–Crippen LogP) is 6.09. The van der Waals surface area contributed by atoms with Crippen LogP contribution >= 0.6 is 0 Å². The van der Waals surface area contributed by atoms with Crippen LogP contribution in [0.5, 0.6) is 5.75 Å². The van der Waals surface area contributed by atoms with Gasteiger partial charge in [-0.05, 0) is 36.6 Å². The number of benzene rings is 2. The van der Waals surface area contributed by atoms with Crippen molar-refractivity contribution in [2.24, 2.45) is 5.92 Å². The molecule has 3 N–H and O–H groups in total.